The van der Waals surface area contributed by atoms with Gasteiger partial charge in [-0.25, -0.2) is 4.79 Å². The third-order valence-corrected chi connectivity index (χ3v) is 11.0. The molecule has 0 unspecified atom stereocenters. The molecular formula is C25H26N2O6S2. The number of imide groups is 1. The van der Waals surface area contributed by atoms with Crippen molar-refractivity contribution in [2.24, 2.45) is 35.5 Å². The van der Waals surface area contributed by atoms with E-state index < -0.39 is 23.8 Å². The van der Waals surface area contributed by atoms with Crippen molar-refractivity contribution in [3.63, 3.8) is 0 Å². The summed E-state index contributed by atoms with van der Waals surface area (Å²) in [5, 5.41) is 10.7. The number of carboxylic acid groups (broad SMARTS) is 1. The number of aromatic amines is 1. The SMILES string of the molecule is COc1ccccc1[C@@H]1c2sc(=O)[nH]c2S[C@@H]2[C@H]3C[C@@H]([C@H]4C(=O)N([C@H](C(=O)O)C(C)C)C(=O)[C@@H]34)[C@@H]12. The molecule has 10 heteroatoms. The highest BCUT2D eigenvalue weighted by molar-refractivity contribution is 8.00. The lowest BCUT2D eigenvalue weighted by Gasteiger charge is -2.43. The first-order valence-electron chi connectivity index (χ1n) is 11.9. The highest BCUT2D eigenvalue weighted by Gasteiger charge is 2.70. The number of nitrogens with one attached hydrogen (secondary N) is 1. The molecule has 2 saturated carbocycles. The number of hydrogen-bond acceptors (Lipinski definition) is 7. The van der Waals surface area contributed by atoms with Crippen LogP contribution in [0, 0.1) is 35.5 Å². The molecule has 4 aliphatic rings. The number of H-pyrrole nitrogens is 1. The fraction of sp³-hybridized carbons (Fsp3) is 0.520. The van der Waals surface area contributed by atoms with Gasteiger partial charge in [0.15, 0.2) is 0 Å². The number of carbonyl (C=O) groups is 3. The number of thioether (sulfide) groups is 1. The first kappa shape index (κ1) is 22.8. The Hall–Kier alpha value is -2.59. The number of aromatic nitrogens is 1. The van der Waals surface area contributed by atoms with Gasteiger partial charge in [-0.2, -0.15) is 0 Å². The quantitative estimate of drug-likeness (QED) is 0.589. The second-order valence-electron chi connectivity index (χ2n) is 10.3. The van der Waals surface area contributed by atoms with Crippen molar-refractivity contribution >= 4 is 40.9 Å². The Labute approximate surface area is 210 Å². The summed E-state index contributed by atoms with van der Waals surface area (Å²) in [6, 6.07) is 6.62. The minimum absolute atomic E-state index is 0.0422. The third kappa shape index (κ3) is 3.05. The molecule has 3 heterocycles. The molecule has 8 atom stereocenters. The van der Waals surface area contributed by atoms with Crippen molar-refractivity contribution in [2.45, 2.75) is 42.5 Å². The van der Waals surface area contributed by atoms with E-state index in [0.29, 0.717) is 0 Å². The molecule has 35 heavy (non-hydrogen) atoms. The van der Waals surface area contributed by atoms with Crippen molar-refractivity contribution in [1.82, 2.24) is 9.88 Å². The summed E-state index contributed by atoms with van der Waals surface area (Å²) in [6.45, 7) is 3.45. The zero-order valence-corrected chi connectivity index (χ0v) is 21.1. The van der Waals surface area contributed by atoms with E-state index in [9.17, 15) is 24.3 Å². The predicted octanol–water partition coefficient (Wildman–Crippen LogP) is 3.03. The molecular weight excluding hydrogens is 488 g/mol. The van der Waals surface area contributed by atoms with Crippen LogP contribution in [0.1, 0.15) is 36.6 Å². The number of aliphatic carboxylic acids is 1. The Morgan fingerprint density at radius 2 is 1.83 bits per heavy atom. The fourth-order valence-corrected chi connectivity index (χ4v) is 10.2. The molecule has 1 aromatic heterocycles. The molecule has 2 aromatic rings. The Bertz CT molecular complexity index is 1300. The summed E-state index contributed by atoms with van der Waals surface area (Å²) in [4.78, 5) is 56.5. The molecule has 3 fully saturated rings. The number of rotatable bonds is 5. The maximum atomic E-state index is 13.7. The van der Waals surface area contributed by atoms with Gasteiger partial charge in [0.25, 0.3) is 0 Å². The monoisotopic (exact) mass is 514 g/mol. The summed E-state index contributed by atoms with van der Waals surface area (Å²) in [6.07, 6.45) is 0.757. The van der Waals surface area contributed by atoms with Gasteiger partial charge >= 0.3 is 10.8 Å². The van der Waals surface area contributed by atoms with Crippen molar-refractivity contribution < 1.29 is 24.2 Å². The Kier molecular flexibility index (Phi) is 5.20. The van der Waals surface area contributed by atoms with Gasteiger partial charge in [0.1, 0.15) is 11.8 Å². The molecule has 1 aromatic carbocycles. The van der Waals surface area contributed by atoms with E-state index in [2.05, 4.69) is 4.98 Å². The minimum atomic E-state index is -1.15. The van der Waals surface area contributed by atoms with E-state index >= 15 is 0 Å². The van der Waals surface area contributed by atoms with Crippen LogP contribution in [-0.4, -0.2) is 51.2 Å². The number of likely N-dealkylation sites (tertiary alicyclic amines) is 1. The third-order valence-electron chi connectivity index (χ3n) is 8.39. The summed E-state index contributed by atoms with van der Waals surface area (Å²) < 4.78 is 5.69. The van der Waals surface area contributed by atoms with Gasteiger partial charge in [0.05, 0.1) is 24.0 Å². The van der Waals surface area contributed by atoms with Crippen LogP contribution in [0.3, 0.4) is 0 Å². The van der Waals surface area contributed by atoms with Gasteiger partial charge in [-0.15, -0.1) is 11.8 Å². The van der Waals surface area contributed by atoms with Gasteiger partial charge < -0.3 is 14.8 Å². The number of para-hydroxylation sites is 1. The second kappa shape index (κ2) is 7.96. The van der Waals surface area contributed by atoms with Crippen molar-refractivity contribution in [1.29, 1.82) is 0 Å². The number of methoxy groups -OCH3 is 1. The smallest absolute Gasteiger partial charge is 0.327 e. The number of hydrogen-bond donors (Lipinski definition) is 2. The lowest BCUT2D eigenvalue weighted by atomic mass is 9.68. The van der Waals surface area contributed by atoms with E-state index in [1.165, 1.54) is 11.3 Å². The first-order valence-corrected chi connectivity index (χ1v) is 13.6. The van der Waals surface area contributed by atoms with Crippen molar-refractivity contribution in [3.05, 3.63) is 44.4 Å². The lowest BCUT2D eigenvalue weighted by Crippen LogP contribution is -2.49. The largest absolute Gasteiger partial charge is 0.496 e. The highest BCUT2D eigenvalue weighted by atomic mass is 32.2. The number of carboxylic acids is 1. The molecule has 2 N–H and O–H groups in total. The number of nitrogens with zero attached hydrogens (tertiary/aromatic N) is 1. The number of thiazole rings is 1. The Balaban J connectivity index is 1.46. The molecule has 0 spiro atoms. The predicted molar refractivity (Wildman–Crippen MR) is 130 cm³/mol. The van der Waals surface area contributed by atoms with Gasteiger partial charge in [-0.3, -0.25) is 19.3 Å². The molecule has 2 aliphatic heterocycles. The average molecular weight is 515 g/mol. The number of fused-ring (bicyclic) bond motifs is 9. The van der Waals surface area contributed by atoms with Gasteiger partial charge in [0.2, 0.25) is 11.8 Å². The molecule has 2 amide bonds. The molecule has 6 rings (SSSR count). The zero-order valence-electron chi connectivity index (χ0n) is 19.5. The number of amides is 2. The van der Waals surface area contributed by atoms with Gasteiger partial charge in [-0.1, -0.05) is 43.4 Å². The molecule has 184 valence electrons. The van der Waals surface area contributed by atoms with Crippen LogP contribution in [0.15, 0.2) is 34.1 Å². The van der Waals surface area contributed by atoms with E-state index in [1.54, 1.807) is 32.7 Å². The first-order chi connectivity index (χ1) is 16.7. The van der Waals surface area contributed by atoms with Gasteiger partial charge in [0, 0.05) is 21.6 Å². The van der Waals surface area contributed by atoms with Crippen LogP contribution in [0.4, 0.5) is 0 Å². The summed E-state index contributed by atoms with van der Waals surface area (Å²) in [7, 11) is 1.63. The maximum Gasteiger partial charge on any atom is 0.327 e. The summed E-state index contributed by atoms with van der Waals surface area (Å²) >= 11 is 2.81. The number of carbonyl (C=O) groups excluding carboxylic acids is 2. The fourth-order valence-electron chi connectivity index (χ4n) is 7.28. The standard InChI is InChI=1S/C25H26N2O6S2/c1-9(2)18(24(30)31)27-22(28)16-11-8-12(17(16)23(27)29)19-15(11)14(10-6-4-5-7-13(10)33-3)20-21(34-19)26-25(32)35-20/h4-7,9,11-12,14-19H,8H2,1-3H3,(H,26,32)(H,30,31)/t11-,12+,14+,15+,16-,17+,18+,19-/m1/s1. The second-order valence-corrected chi connectivity index (χ2v) is 12.5. The molecule has 0 radical (unpaired) electrons. The Morgan fingerprint density at radius 3 is 2.49 bits per heavy atom. The van der Waals surface area contributed by atoms with E-state index in [-0.39, 0.29) is 51.5 Å². The highest BCUT2D eigenvalue weighted by Crippen LogP contribution is 2.69. The molecule has 8 nitrogen and oxygen atoms in total. The van der Waals surface area contributed by atoms with Crippen LogP contribution in [0.5, 0.6) is 5.75 Å². The van der Waals surface area contributed by atoms with Crippen LogP contribution in [0.2, 0.25) is 0 Å². The van der Waals surface area contributed by atoms with Crippen LogP contribution in [0.25, 0.3) is 0 Å². The van der Waals surface area contributed by atoms with E-state index in [1.807, 2.05) is 24.3 Å². The van der Waals surface area contributed by atoms with E-state index in [0.717, 1.165) is 32.5 Å². The number of ether oxygens (including phenoxy) is 1. The van der Waals surface area contributed by atoms with Crippen LogP contribution in [-0.2, 0) is 14.4 Å². The van der Waals surface area contributed by atoms with E-state index in [4.69, 9.17) is 4.74 Å². The normalized spacial score (nSPS) is 33.6. The zero-order chi connectivity index (χ0) is 24.8. The average Bonchev–Trinajstić information content (AvgIpc) is 3.54. The molecule has 2 bridgehead atoms. The van der Waals surface area contributed by atoms with Crippen molar-refractivity contribution in [2.75, 3.05) is 7.11 Å². The van der Waals surface area contributed by atoms with Crippen LogP contribution < -0.4 is 9.61 Å². The number of benzene rings is 1. The summed E-state index contributed by atoms with van der Waals surface area (Å²) in [5.41, 5.74) is 0.977. The lowest BCUT2D eigenvalue weighted by molar-refractivity contribution is -0.157. The molecule has 1 saturated heterocycles. The topological polar surface area (TPSA) is 117 Å². The minimum Gasteiger partial charge on any atom is -0.496 e. The molecule has 2 aliphatic carbocycles. The maximum absolute atomic E-state index is 13.7. The van der Waals surface area contributed by atoms with Crippen LogP contribution >= 0.6 is 23.1 Å². The Morgan fingerprint density at radius 1 is 1.14 bits per heavy atom. The van der Waals surface area contributed by atoms with Crippen molar-refractivity contribution in [3.8, 4) is 5.75 Å². The van der Waals surface area contributed by atoms with Gasteiger partial charge in [-0.05, 0) is 36.2 Å². The summed E-state index contributed by atoms with van der Waals surface area (Å²) in [5.74, 6) is -2.69.